The predicted molar refractivity (Wildman–Crippen MR) is 78.6 cm³/mol. The van der Waals surface area contributed by atoms with Crippen molar-refractivity contribution in [1.82, 2.24) is 5.32 Å². The molecular formula is C14H16BrNS. The van der Waals surface area contributed by atoms with Gasteiger partial charge in [0.25, 0.3) is 0 Å². The molecule has 0 saturated carbocycles. The van der Waals surface area contributed by atoms with E-state index in [1.165, 1.54) is 14.2 Å². The van der Waals surface area contributed by atoms with E-state index in [9.17, 15) is 0 Å². The lowest BCUT2D eigenvalue weighted by Crippen LogP contribution is -2.20. The Kier molecular flexibility index (Phi) is 4.77. The van der Waals surface area contributed by atoms with Crippen LogP contribution in [0.15, 0.2) is 46.3 Å². The molecule has 0 aliphatic rings. The number of benzene rings is 1. The lowest BCUT2D eigenvalue weighted by Gasteiger charge is -2.11. The highest BCUT2D eigenvalue weighted by Crippen LogP contribution is 2.26. The first-order valence-electron chi connectivity index (χ1n) is 5.78. The minimum atomic E-state index is 0.426. The number of rotatable bonds is 5. The Hall–Kier alpha value is -0.640. The second-order valence-corrected chi connectivity index (χ2v) is 6.55. The monoisotopic (exact) mass is 309 g/mol. The Morgan fingerprint density at radius 2 is 1.94 bits per heavy atom. The number of nitrogens with one attached hydrogen (secondary N) is 1. The van der Waals surface area contributed by atoms with Gasteiger partial charge in [0.2, 0.25) is 0 Å². The standard InChI is InChI=1S/C14H16BrNS/c1-11(13-7-8-14(15)17-13)16-10-9-12-5-3-2-4-6-12/h2-8,11,16H,9-10H2,1H3. The number of halogens is 1. The van der Waals surface area contributed by atoms with E-state index < -0.39 is 0 Å². The predicted octanol–water partition coefficient (Wildman–Crippen LogP) is 4.40. The number of hydrogen-bond acceptors (Lipinski definition) is 2. The minimum Gasteiger partial charge on any atom is -0.309 e. The molecule has 3 heteroatoms. The summed E-state index contributed by atoms with van der Waals surface area (Å²) < 4.78 is 1.20. The van der Waals surface area contributed by atoms with E-state index in [0.717, 1.165) is 13.0 Å². The van der Waals surface area contributed by atoms with Gasteiger partial charge in [0.1, 0.15) is 0 Å². The zero-order valence-corrected chi connectivity index (χ0v) is 12.2. The van der Waals surface area contributed by atoms with Crippen LogP contribution in [0.1, 0.15) is 23.4 Å². The van der Waals surface area contributed by atoms with Gasteiger partial charge in [-0.15, -0.1) is 11.3 Å². The van der Waals surface area contributed by atoms with Gasteiger partial charge in [-0.2, -0.15) is 0 Å². The molecule has 0 aliphatic carbocycles. The molecule has 1 aromatic heterocycles. The third-order valence-corrected chi connectivity index (χ3v) is 4.53. The zero-order valence-electron chi connectivity index (χ0n) is 9.82. The summed E-state index contributed by atoms with van der Waals surface area (Å²) in [7, 11) is 0. The molecule has 90 valence electrons. The van der Waals surface area contributed by atoms with Gasteiger partial charge < -0.3 is 5.32 Å². The van der Waals surface area contributed by atoms with Crippen molar-refractivity contribution >= 4 is 27.3 Å². The van der Waals surface area contributed by atoms with Gasteiger partial charge in [-0.1, -0.05) is 30.3 Å². The molecule has 0 amide bonds. The maximum atomic E-state index is 3.55. The van der Waals surface area contributed by atoms with Crippen LogP contribution in [-0.2, 0) is 6.42 Å². The van der Waals surface area contributed by atoms with E-state index in [2.05, 4.69) is 70.6 Å². The summed E-state index contributed by atoms with van der Waals surface area (Å²) in [5.41, 5.74) is 1.39. The first-order valence-corrected chi connectivity index (χ1v) is 7.39. The summed E-state index contributed by atoms with van der Waals surface area (Å²) in [4.78, 5) is 1.38. The molecule has 0 aliphatic heterocycles. The minimum absolute atomic E-state index is 0.426. The molecule has 1 nitrogen and oxygen atoms in total. The Balaban J connectivity index is 1.79. The van der Waals surface area contributed by atoms with E-state index in [4.69, 9.17) is 0 Å². The summed E-state index contributed by atoms with van der Waals surface area (Å²) >= 11 is 5.29. The highest BCUT2D eigenvalue weighted by Gasteiger charge is 2.06. The van der Waals surface area contributed by atoms with Crippen LogP contribution < -0.4 is 5.32 Å². The van der Waals surface area contributed by atoms with Crippen LogP contribution in [-0.4, -0.2) is 6.54 Å². The first kappa shape index (κ1) is 12.8. The van der Waals surface area contributed by atoms with Crippen molar-refractivity contribution in [1.29, 1.82) is 0 Å². The van der Waals surface area contributed by atoms with Crippen molar-refractivity contribution in [3.05, 3.63) is 56.7 Å². The van der Waals surface area contributed by atoms with Crippen LogP contribution in [0.2, 0.25) is 0 Å². The largest absolute Gasteiger partial charge is 0.309 e. The normalized spacial score (nSPS) is 12.6. The molecule has 17 heavy (non-hydrogen) atoms. The molecular weight excluding hydrogens is 294 g/mol. The molecule has 2 rings (SSSR count). The highest BCUT2D eigenvalue weighted by atomic mass is 79.9. The maximum absolute atomic E-state index is 3.55. The molecule has 0 bridgehead atoms. The third-order valence-electron chi connectivity index (χ3n) is 2.73. The summed E-state index contributed by atoms with van der Waals surface area (Å²) in [5, 5.41) is 3.55. The lowest BCUT2D eigenvalue weighted by molar-refractivity contribution is 0.585. The Morgan fingerprint density at radius 3 is 2.59 bits per heavy atom. The average Bonchev–Trinajstić information content (AvgIpc) is 2.77. The topological polar surface area (TPSA) is 12.0 Å². The van der Waals surface area contributed by atoms with Gasteiger partial charge in [0.05, 0.1) is 3.79 Å². The smallest absolute Gasteiger partial charge is 0.0701 e. The van der Waals surface area contributed by atoms with Crippen LogP contribution in [0.4, 0.5) is 0 Å². The summed E-state index contributed by atoms with van der Waals surface area (Å²) in [6, 6.07) is 15.3. The van der Waals surface area contributed by atoms with E-state index in [0.29, 0.717) is 6.04 Å². The fourth-order valence-corrected chi connectivity index (χ4v) is 3.19. The molecule has 1 atom stereocenters. The number of hydrogen-bond donors (Lipinski definition) is 1. The fourth-order valence-electron chi connectivity index (χ4n) is 1.74. The van der Waals surface area contributed by atoms with Gasteiger partial charge >= 0.3 is 0 Å². The van der Waals surface area contributed by atoms with Crippen molar-refractivity contribution < 1.29 is 0 Å². The van der Waals surface area contributed by atoms with Crippen LogP contribution in [0.5, 0.6) is 0 Å². The molecule has 0 spiro atoms. The van der Waals surface area contributed by atoms with E-state index in [-0.39, 0.29) is 0 Å². The van der Waals surface area contributed by atoms with E-state index in [1.807, 2.05) is 0 Å². The molecule has 0 radical (unpaired) electrons. The van der Waals surface area contributed by atoms with Gasteiger partial charge in [-0.25, -0.2) is 0 Å². The summed E-state index contributed by atoms with van der Waals surface area (Å²) in [6.45, 7) is 3.23. The van der Waals surface area contributed by atoms with Gasteiger partial charge in [-0.3, -0.25) is 0 Å². The van der Waals surface area contributed by atoms with E-state index in [1.54, 1.807) is 11.3 Å². The Labute approximate surface area is 115 Å². The van der Waals surface area contributed by atoms with Crippen LogP contribution >= 0.6 is 27.3 Å². The first-order chi connectivity index (χ1) is 8.25. The van der Waals surface area contributed by atoms with Crippen molar-refractivity contribution in [3.8, 4) is 0 Å². The summed E-state index contributed by atoms with van der Waals surface area (Å²) in [5.74, 6) is 0. The maximum Gasteiger partial charge on any atom is 0.0701 e. The second kappa shape index (κ2) is 6.34. The Morgan fingerprint density at radius 1 is 1.18 bits per heavy atom. The number of thiophene rings is 1. The van der Waals surface area contributed by atoms with Crippen LogP contribution in [0.3, 0.4) is 0 Å². The fraction of sp³-hybridized carbons (Fsp3) is 0.286. The second-order valence-electron chi connectivity index (χ2n) is 4.05. The van der Waals surface area contributed by atoms with Crippen LogP contribution in [0.25, 0.3) is 0 Å². The molecule has 1 heterocycles. The molecule has 0 fully saturated rings. The van der Waals surface area contributed by atoms with E-state index >= 15 is 0 Å². The third kappa shape index (κ3) is 3.95. The van der Waals surface area contributed by atoms with Crippen molar-refractivity contribution in [2.45, 2.75) is 19.4 Å². The molecule has 1 aromatic carbocycles. The Bertz CT molecular complexity index is 452. The molecule has 2 aromatic rings. The molecule has 0 saturated heterocycles. The SMILES string of the molecule is CC(NCCc1ccccc1)c1ccc(Br)s1. The summed E-state index contributed by atoms with van der Waals surface area (Å²) in [6.07, 6.45) is 1.08. The van der Waals surface area contributed by atoms with Crippen molar-refractivity contribution in [2.24, 2.45) is 0 Å². The zero-order chi connectivity index (χ0) is 12.1. The average molecular weight is 310 g/mol. The molecule has 1 N–H and O–H groups in total. The quantitative estimate of drug-likeness (QED) is 0.863. The molecule has 1 unspecified atom stereocenters. The highest BCUT2D eigenvalue weighted by molar-refractivity contribution is 9.11. The van der Waals surface area contributed by atoms with Gasteiger partial charge in [0.15, 0.2) is 0 Å². The van der Waals surface area contributed by atoms with Crippen molar-refractivity contribution in [3.63, 3.8) is 0 Å². The van der Waals surface area contributed by atoms with Gasteiger partial charge in [-0.05, 0) is 53.5 Å². The lowest BCUT2D eigenvalue weighted by atomic mass is 10.1. The van der Waals surface area contributed by atoms with Crippen molar-refractivity contribution in [2.75, 3.05) is 6.54 Å². The van der Waals surface area contributed by atoms with Crippen LogP contribution in [0, 0.1) is 0 Å². The van der Waals surface area contributed by atoms with Gasteiger partial charge in [0, 0.05) is 10.9 Å².